The number of para-hydroxylation sites is 1. The molecule has 2 rings (SSSR count). The number of rotatable bonds is 6. The molecule has 0 aliphatic heterocycles. The number of benzene rings is 2. The molecule has 0 unspecified atom stereocenters. The summed E-state index contributed by atoms with van der Waals surface area (Å²) in [5.41, 5.74) is 1.35. The highest BCUT2D eigenvalue weighted by Crippen LogP contribution is 2.15. The molecule has 0 amide bonds. The van der Waals surface area contributed by atoms with Gasteiger partial charge in [-0.2, -0.15) is 0 Å². The molecule has 2 aromatic rings. The highest BCUT2D eigenvalue weighted by Gasteiger charge is 2.09. The second-order valence-electron chi connectivity index (χ2n) is 4.79. The molecular formula is C15H15N3O4S. The first-order valence-corrected chi connectivity index (χ1v) is 8.27. The fourth-order valence-electron chi connectivity index (χ4n) is 1.97. The molecule has 8 heteroatoms. The molecule has 23 heavy (non-hydrogen) atoms. The molecule has 0 atom stereocenters. The number of nitrogens with zero attached hydrogens (tertiary/aromatic N) is 2. The summed E-state index contributed by atoms with van der Waals surface area (Å²) >= 11 is 0. The maximum atomic E-state index is 11.1. The topological polar surface area (TPSA) is 116 Å². The predicted octanol–water partition coefficient (Wildman–Crippen LogP) is 1.90. The summed E-state index contributed by atoms with van der Waals surface area (Å²) in [6.45, 7) is 0.431. The average molecular weight is 333 g/mol. The Morgan fingerprint density at radius 3 is 2.39 bits per heavy atom. The van der Waals surface area contributed by atoms with Gasteiger partial charge in [0.25, 0.3) is 5.69 Å². The Hall–Kier alpha value is -2.58. The number of sulfonamides is 1. The molecule has 0 aliphatic rings. The van der Waals surface area contributed by atoms with E-state index in [1.165, 1.54) is 24.4 Å². The van der Waals surface area contributed by atoms with E-state index in [4.69, 9.17) is 5.14 Å². The van der Waals surface area contributed by atoms with Crippen molar-refractivity contribution in [3.05, 3.63) is 69.8 Å². The summed E-state index contributed by atoms with van der Waals surface area (Å²) in [6, 6.07) is 12.6. The van der Waals surface area contributed by atoms with Gasteiger partial charge in [-0.1, -0.05) is 24.3 Å². The number of aliphatic imine (C=N–C) groups is 1. The normalized spacial score (nSPS) is 11.7. The SMILES string of the molecule is NS(=O)(=O)c1ccc(CCN=Cc2ccccc2[N+](=O)[O-])cc1. The number of hydrogen-bond donors (Lipinski definition) is 1. The summed E-state index contributed by atoms with van der Waals surface area (Å²) in [5, 5.41) is 15.9. The Morgan fingerprint density at radius 1 is 1.13 bits per heavy atom. The van der Waals surface area contributed by atoms with Crippen LogP contribution < -0.4 is 5.14 Å². The van der Waals surface area contributed by atoms with E-state index in [9.17, 15) is 18.5 Å². The van der Waals surface area contributed by atoms with E-state index >= 15 is 0 Å². The molecule has 0 aliphatic carbocycles. The van der Waals surface area contributed by atoms with Crippen molar-refractivity contribution in [1.29, 1.82) is 0 Å². The van der Waals surface area contributed by atoms with E-state index in [0.29, 0.717) is 18.5 Å². The summed E-state index contributed by atoms with van der Waals surface area (Å²) in [6.07, 6.45) is 2.05. The van der Waals surface area contributed by atoms with Crippen LogP contribution in [0, 0.1) is 10.1 Å². The molecule has 0 heterocycles. The average Bonchev–Trinajstić information content (AvgIpc) is 2.51. The van der Waals surface area contributed by atoms with Crippen molar-refractivity contribution in [1.82, 2.24) is 0 Å². The van der Waals surface area contributed by atoms with Crippen LogP contribution >= 0.6 is 0 Å². The summed E-state index contributed by atoms with van der Waals surface area (Å²) in [5.74, 6) is 0. The number of nitrogens with two attached hydrogens (primary N) is 1. The third-order valence-corrected chi connectivity index (χ3v) is 4.07. The molecule has 0 spiro atoms. The number of nitro benzene ring substituents is 1. The standard InChI is InChI=1S/C15H15N3O4S/c16-23(21,22)14-7-5-12(6-8-14)9-10-17-11-13-3-1-2-4-15(13)18(19)20/h1-8,11H,9-10H2,(H2,16,21,22). The van der Waals surface area contributed by atoms with E-state index in [1.54, 1.807) is 30.3 Å². The van der Waals surface area contributed by atoms with E-state index in [2.05, 4.69) is 4.99 Å². The molecule has 0 saturated heterocycles. The van der Waals surface area contributed by atoms with Crippen LogP contribution in [0.15, 0.2) is 58.4 Å². The van der Waals surface area contributed by atoms with Gasteiger partial charge in [-0.15, -0.1) is 0 Å². The molecular weight excluding hydrogens is 318 g/mol. The van der Waals surface area contributed by atoms with Gasteiger partial charge in [-0.05, 0) is 30.2 Å². The lowest BCUT2D eigenvalue weighted by molar-refractivity contribution is -0.385. The first-order valence-electron chi connectivity index (χ1n) is 6.73. The van der Waals surface area contributed by atoms with Gasteiger partial charge in [-0.25, -0.2) is 13.6 Å². The lowest BCUT2D eigenvalue weighted by atomic mass is 10.1. The molecule has 120 valence electrons. The molecule has 2 aromatic carbocycles. The van der Waals surface area contributed by atoms with Gasteiger partial charge in [0, 0.05) is 18.8 Å². The number of nitro groups is 1. The van der Waals surface area contributed by atoms with Crippen molar-refractivity contribution in [2.45, 2.75) is 11.3 Å². The van der Waals surface area contributed by atoms with Crippen molar-refractivity contribution in [3.8, 4) is 0 Å². The maximum Gasteiger partial charge on any atom is 0.278 e. The van der Waals surface area contributed by atoms with E-state index in [1.807, 2.05) is 0 Å². The van der Waals surface area contributed by atoms with Crippen LogP contribution in [0.5, 0.6) is 0 Å². The highest BCUT2D eigenvalue weighted by atomic mass is 32.2. The third-order valence-electron chi connectivity index (χ3n) is 3.15. The molecule has 0 saturated carbocycles. The van der Waals surface area contributed by atoms with E-state index < -0.39 is 14.9 Å². The van der Waals surface area contributed by atoms with Crippen molar-refractivity contribution in [2.75, 3.05) is 6.54 Å². The van der Waals surface area contributed by atoms with Gasteiger partial charge >= 0.3 is 0 Å². The zero-order chi connectivity index (χ0) is 16.9. The smallest absolute Gasteiger partial charge is 0.278 e. The molecule has 0 aromatic heterocycles. The summed E-state index contributed by atoms with van der Waals surface area (Å²) in [7, 11) is -3.69. The fourth-order valence-corrected chi connectivity index (χ4v) is 2.48. The van der Waals surface area contributed by atoms with Gasteiger partial charge in [0.05, 0.1) is 15.4 Å². The van der Waals surface area contributed by atoms with Crippen LogP contribution in [-0.4, -0.2) is 26.1 Å². The van der Waals surface area contributed by atoms with Crippen LogP contribution in [0.1, 0.15) is 11.1 Å². The fraction of sp³-hybridized carbons (Fsp3) is 0.133. The van der Waals surface area contributed by atoms with E-state index in [0.717, 1.165) is 5.56 Å². The minimum atomic E-state index is -3.69. The van der Waals surface area contributed by atoms with Crippen molar-refractivity contribution < 1.29 is 13.3 Å². The molecule has 0 bridgehead atoms. The molecule has 2 N–H and O–H groups in total. The zero-order valence-electron chi connectivity index (χ0n) is 12.1. The Labute approximate surface area is 133 Å². The second kappa shape index (κ2) is 7.12. The monoisotopic (exact) mass is 333 g/mol. The van der Waals surface area contributed by atoms with Crippen LogP contribution in [-0.2, 0) is 16.4 Å². The quantitative estimate of drug-likeness (QED) is 0.493. The minimum absolute atomic E-state index is 0.00811. The third kappa shape index (κ3) is 4.70. The van der Waals surface area contributed by atoms with Crippen LogP contribution in [0.25, 0.3) is 0 Å². The Balaban J connectivity index is 1.99. The Bertz CT molecular complexity index is 830. The second-order valence-corrected chi connectivity index (χ2v) is 6.35. The molecule has 0 fully saturated rings. The zero-order valence-corrected chi connectivity index (χ0v) is 12.9. The number of hydrogen-bond acceptors (Lipinski definition) is 5. The summed E-state index contributed by atoms with van der Waals surface area (Å²) in [4.78, 5) is 14.7. The van der Waals surface area contributed by atoms with Crippen molar-refractivity contribution in [3.63, 3.8) is 0 Å². The minimum Gasteiger partial charge on any atom is -0.292 e. The van der Waals surface area contributed by atoms with Crippen LogP contribution in [0.3, 0.4) is 0 Å². The molecule has 7 nitrogen and oxygen atoms in total. The van der Waals surface area contributed by atoms with Gasteiger partial charge in [0.2, 0.25) is 10.0 Å². The predicted molar refractivity (Wildman–Crippen MR) is 87.1 cm³/mol. The van der Waals surface area contributed by atoms with Crippen LogP contribution in [0.4, 0.5) is 5.69 Å². The van der Waals surface area contributed by atoms with Crippen LogP contribution in [0.2, 0.25) is 0 Å². The van der Waals surface area contributed by atoms with E-state index in [-0.39, 0.29) is 10.6 Å². The van der Waals surface area contributed by atoms with Gasteiger partial charge < -0.3 is 0 Å². The first-order chi connectivity index (χ1) is 10.9. The Kier molecular flexibility index (Phi) is 5.20. The number of primary sulfonamides is 1. The van der Waals surface area contributed by atoms with Gasteiger partial charge in [0.15, 0.2) is 0 Å². The largest absolute Gasteiger partial charge is 0.292 e. The van der Waals surface area contributed by atoms with Crippen molar-refractivity contribution >= 4 is 21.9 Å². The maximum absolute atomic E-state index is 11.1. The molecule has 0 radical (unpaired) electrons. The Morgan fingerprint density at radius 2 is 1.78 bits per heavy atom. The highest BCUT2D eigenvalue weighted by molar-refractivity contribution is 7.89. The summed E-state index contributed by atoms with van der Waals surface area (Å²) < 4.78 is 22.3. The van der Waals surface area contributed by atoms with Gasteiger partial charge in [0.1, 0.15) is 0 Å². The lowest BCUT2D eigenvalue weighted by Gasteiger charge is -2.01. The van der Waals surface area contributed by atoms with Gasteiger partial charge in [-0.3, -0.25) is 15.1 Å². The lowest BCUT2D eigenvalue weighted by Crippen LogP contribution is -2.11. The first kappa shape index (κ1) is 16.8. The van der Waals surface area contributed by atoms with Crippen molar-refractivity contribution in [2.24, 2.45) is 10.1 Å².